The molecular weight excluding hydrogens is 198 g/mol. The predicted molar refractivity (Wildman–Crippen MR) is 65.6 cm³/mol. The van der Waals surface area contributed by atoms with E-state index >= 15 is 0 Å². The third-order valence-corrected chi connectivity index (χ3v) is 3.70. The zero-order valence-corrected chi connectivity index (χ0v) is 10.0. The van der Waals surface area contributed by atoms with Crippen molar-refractivity contribution in [2.24, 2.45) is 0 Å². The minimum absolute atomic E-state index is 0.00676. The average molecular weight is 217 g/mol. The second-order valence-electron chi connectivity index (χ2n) is 4.66. The molecule has 0 heterocycles. The normalized spacial score (nSPS) is 18.2. The fraction of sp³-hybridized carbons (Fsp3) is 0.500. The highest BCUT2D eigenvalue weighted by molar-refractivity contribution is 5.99. The molecule has 1 aliphatic rings. The number of hydrogen-bond donors (Lipinski definition) is 0. The highest BCUT2D eigenvalue weighted by atomic mass is 16.1. The van der Waals surface area contributed by atoms with Crippen molar-refractivity contribution in [2.45, 2.75) is 38.3 Å². The molecule has 2 rings (SSSR count). The Morgan fingerprint density at radius 2 is 1.94 bits per heavy atom. The zero-order chi connectivity index (χ0) is 11.5. The summed E-state index contributed by atoms with van der Waals surface area (Å²) in [5, 5.41) is 0. The summed E-state index contributed by atoms with van der Waals surface area (Å²) in [6, 6.07) is 10.2. The number of carbonyl (C=O) groups is 1. The standard InChI is InChI=1S/C14H19NO/c1-11(15(2)13-9-6-10-13)14(16)12-7-4-3-5-8-12/h3-5,7-8,11,13H,6,9-10H2,1-2H3. The molecule has 1 aliphatic carbocycles. The van der Waals surface area contributed by atoms with Crippen LogP contribution in [0.3, 0.4) is 0 Å². The van der Waals surface area contributed by atoms with Crippen molar-refractivity contribution in [3.8, 4) is 0 Å². The Bertz CT molecular complexity index is 356. The number of hydrogen-bond acceptors (Lipinski definition) is 2. The van der Waals surface area contributed by atoms with Crippen LogP contribution in [0.4, 0.5) is 0 Å². The van der Waals surface area contributed by atoms with Gasteiger partial charge in [0, 0.05) is 11.6 Å². The van der Waals surface area contributed by atoms with Gasteiger partial charge in [-0.25, -0.2) is 0 Å². The number of ketones is 1. The molecule has 0 aliphatic heterocycles. The second-order valence-corrected chi connectivity index (χ2v) is 4.66. The van der Waals surface area contributed by atoms with E-state index in [1.165, 1.54) is 19.3 Å². The molecule has 0 bridgehead atoms. The summed E-state index contributed by atoms with van der Waals surface area (Å²) in [4.78, 5) is 14.4. The number of rotatable bonds is 4. The third-order valence-electron chi connectivity index (χ3n) is 3.70. The molecule has 2 nitrogen and oxygen atoms in total. The quantitative estimate of drug-likeness (QED) is 0.723. The van der Waals surface area contributed by atoms with Gasteiger partial charge in [0.05, 0.1) is 6.04 Å². The van der Waals surface area contributed by atoms with Gasteiger partial charge in [-0.2, -0.15) is 0 Å². The van der Waals surface area contributed by atoms with E-state index in [0.29, 0.717) is 6.04 Å². The van der Waals surface area contributed by atoms with Crippen LogP contribution < -0.4 is 0 Å². The third kappa shape index (κ3) is 2.17. The summed E-state index contributed by atoms with van der Waals surface area (Å²) in [7, 11) is 2.06. The van der Waals surface area contributed by atoms with Crippen LogP contribution in [-0.4, -0.2) is 29.8 Å². The van der Waals surface area contributed by atoms with Crippen LogP contribution in [0.1, 0.15) is 36.5 Å². The van der Waals surface area contributed by atoms with E-state index in [1.807, 2.05) is 37.3 Å². The lowest BCUT2D eigenvalue weighted by Gasteiger charge is -2.38. The zero-order valence-electron chi connectivity index (χ0n) is 10.0. The van der Waals surface area contributed by atoms with Gasteiger partial charge in [-0.1, -0.05) is 36.8 Å². The van der Waals surface area contributed by atoms with Gasteiger partial charge in [0.1, 0.15) is 0 Å². The highest BCUT2D eigenvalue weighted by Crippen LogP contribution is 2.25. The van der Waals surface area contributed by atoms with Gasteiger partial charge in [0.25, 0.3) is 0 Å². The minimum atomic E-state index is -0.00676. The van der Waals surface area contributed by atoms with E-state index in [-0.39, 0.29) is 11.8 Å². The number of nitrogens with zero attached hydrogens (tertiary/aromatic N) is 1. The van der Waals surface area contributed by atoms with Gasteiger partial charge in [-0.05, 0) is 26.8 Å². The minimum Gasteiger partial charge on any atom is -0.294 e. The molecule has 1 atom stereocenters. The Morgan fingerprint density at radius 1 is 1.31 bits per heavy atom. The van der Waals surface area contributed by atoms with Crippen molar-refractivity contribution in [3.63, 3.8) is 0 Å². The van der Waals surface area contributed by atoms with E-state index in [2.05, 4.69) is 11.9 Å². The molecule has 1 fully saturated rings. The molecule has 0 amide bonds. The Labute approximate surface area is 97.3 Å². The summed E-state index contributed by atoms with van der Waals surface area (Å²) in [6.07, 6.45) is 3.78. The van der Waals surface area contributed by atoms with E-state index in [1.54, 1.807) is 0 Å². The Kier molecular flexibility index (Phi) is 3.39. The number of likely N-dealkylation sites (N-methyl/N-ethyl adjacent to an activating group) is 1. The first-order valence-corrected chi connectivity index (χ1v) is 6.01. The lowest BCUT2D eigenvalue weighted by molar-refractivity contribution is 0.0723. The summed E-state index contributed by atoms with van der Waals surface area (Å²) >= 11 is 0. The summed E-state index contributed by atoms with van der Waals surface area (Å²) in [6.45, 7) is 2.01. The molecule has 1 saturated carbocycles. The van der Waals surface area contributed by atoms with E-state index in [4.69, 9.17) is 0 Å². The molecule has 16 heavy (non-hydrogen) atoms. The maximum absolute atomic E-state index is 12.2. The molecule has 1 aromatic carbocycles. The van der Waals surface area contributed by atoms with Crippen molar-refractivity contribution in [2.75, 3.05) is 7.05 Å². The second kappa shape index (κ2) is 4.79. The molecule has 1 unspecified atom stereocenters. The van der Waals surface area contributed by atoms with E-state index in [9.17, 15) is 4.79 Å². The van der Waals surface area contributed by atoms with Gasteiger partial charge < -0.3 is 0 Å². The van der Waals surface area contributed by atoms with E-state index in [0.717, 1.165) is 5.56 Å². The highest BCUT2D eigenvalue weighted by Gasteiger charge is 2.28. The van der Waals surface area contributed by atoms with Crippen LogP contribution in [0.25, 0.3) is 0 Å². The first-order valence-electron chi connectivity index (χ1n) is 6.01. The van der Waals surface area contributed by atoms with Crippen molar-refractivity contribution < 1.29 is 4.79 Å². The lowest BCUT2D eigenvalue weighted by atomic mass is 9.90. The van der Waals surface area contributed by atoms with Crippen LogP contribution in [0.2, 0.25) is 0 Å². The fourth-order valence-electron chi connectivity index (χ4n) is 2.14. The number of carbonyl (C=O) groups excluding carboxylic acids is 1. The van der Waals surface area contributed by atoms with Gasteiger partial charge in [0.2, 0.25) is 0 Å². The fourth-order valence-corrected chi connectivity index (χ4v) is 2.14. The molecule has 0 N–H and O–H groups in total. The van der Waals surface area contributed by atoms with Crippen LogP contribution in [0.15, 0.2) is 30.3 Å². The Balaban J connectivity index is 2.04. The molecule has 1 aromatic rings. The van der Waals surface area contributed by atoms with Crippen LogP contribution >= 0.6 is 0 Å². The molecule has 0 aromatic heterocycles. The van der Waals surface area contributed by atoms with Crippen molar-refractivity contribution in [1.82, 2.24) is 4.90 Å². The van der Waals surface area contributed by atoms with Crippen molar-refractivity contribution >= 4 is 5.78 Å². The summed E-state index contributed by atoms with van der Waals surface area (Å²) in [5.74, 6) is 0.231. The lowest BCUT2D eigenvalue weighted by Crippen LogP contribution is -2.46. The van der Waals surface area contributed by atoms with Crippen LogP contribution in [0, 0.1) is 0 Å². The number of benzene rings is 1. The topological polar surface area (TPSA) is 20.3 Å². The summed E-state index contributed by atoms with van der Waals surface area (Å²) < 4.78 is 0. The number of Topliss-reactive ketones (excluding diaryl/α,β-unsaturated/α-hetero) is 1. The SMILES string of the molecule is CC(C(=O)c1ccccc1)N(C)C1CCC1. The van der Waals surface area contributed by atoms with Crippen molar-refractivity contribution in [3.05, 3.63) is 35.9 Å². The predicted octanol–water partition coefficient (Wildman–Crippen LogP) is 2.74. The van der Waals surface area contributed by atoms with Crippen molar-refractivity contribution in [1.29, 1.82) is 0 Å². The van der Waals surface area contributed by atoms with Gasteiger partial charge in [-0.3, -0.25) is 9.69 Å². The summed E-state index contributed by atoms with van der Waals surface area (Å²) in [5.41, 5.74) is 0.821. The smallest absolute Gasteiger partial charge is 0.179 e. The first kappa shape index (κ1) is 11.3. The van der Waals surface area contributed by atoms with Crippen LogP contribution in [-0.2, 0) is 0 Å². The van der Waals surface area contributed by atoms with Gasteiger partial charge >= 0.3 is 0 Å². The van der Waals surface area contributed by atoms with E-state index < -0.39 is 0 Å². The Morgan fingerprint density at radius 3 is 2.44 bits per heavy atom. The maximum atomic E-state index is 12.2. The molecule has 86 valence electrons. The van der Waals surface area contributed by atoms with Gasteiger partial charge in [0.15, 0.2) is 5.78 Å². The molecule has 0 saturated heterocycles. The molecule has 0 radical (unpaired) electrons. The average Bonchev–Trinajstić information content (AvgIpc) is 2.26. The largest absolute Gasteiger partial charge is 0.294 e. The molecule has 0 spiro atoms. The first-order chi connectivity index (χ1) is 7.70. The van der Waals surface area contributed by atoms with Crippen LogP contribution in [0.5, 0.6) is 0 Å². The van der Waals surface area contributed by atoms with Gasteiger partial charge in [-0.15, -0.1) is 0 Å². The molecule has 2 heteroatoms. The molecular formula is C14H19NO. The Hall–Kier alpha value is -1.15. The monoisotopic (exact) mass is 217 g/mol. The maximum Gasteiger partial charge on any atom is 0.179 e.